The van der Waals surface area contributed by atoms with Gasteiger partial charge in [-0.1, -0.05) is 40.5 Å². The van der Waals surface area contributed by atoms with Crippen molar-refractivity contribution in [2.75, 3.05) is 14.1 Å². The number of nitrogens with zero attached hydrogens (tertiary/aromatic N) is 2. The molecule has 1 amide bonds. The van der Waals surface area contributed by atoms with E-state index in [-0.39, 0.29) is 24.5 Å². The van der Waals surface area contributed by atoms with E-state index in [1.165, 1.54) is 4.90 Å². The first-order valence-electron chi connectivity index (χ1n) is 9.65. The van der Waals surface area contributed by atoms with Gasteiger partial charge in [-0.15, -0.1) is 0 Å². The Labute approximate surface area is 186 Å². The highest BCUT2D eigenvalue weighted by Crippen LogP contribution is 2.38. The lowest BCUT2D eigenvalue weighted by Gasteiger charge is -2.22. The van der Waals surface area contributed by atoms with E-state index in [9.17, 15) is 9.59 Å². The first kappa shape index (κ1) is 22.3. The van der Waals surface area contributed by atoms with Crippen molar-refractivity contribution < 1.29 is 14.4 Å². The molecule has 7 heteroatoms. The Morgan fingerprint density at radius 1 is 1.10 bits per heavy atom. The highest BCUT2D eigenvalue weighted by molar-refractivity contribution is 6.34. The molecular weight excluding hydrogens is 423 g/mol. The van der Waals surface area contributed by atoms with Gasteiger partial charge in [-0.2, -0.15) is 0 Å². The van der Waals surface area contributed by atoms with Crippen molar-refractivity contribution in [3.05, 3.63) is 68.7 Å². The number of carbonyl (C=O) groups excluding carboxylic acids is 2. The normalized spacial score (nSPS) is 18.0. The van der Waals surface area contributed by atoms with E-state index < -0.39 is 5.60 Å². The van der Waals surface area contributed by atoms with Crippen molar-refractivity contribution in [2.24, 2.45) is 5.16 Å². The predicted octanol–water partition coefficient (Wildman–Crippen LogP) is 5.39. The van der Waals surface area contributed by atoms with E-state index in [1.54, 1.807) is 26.2 Å². The average molecular weight is 447 g/mol. The van der Waals surface area contributed by atoms with E-state index in [4.69, 9.17) is 28.0 Å². The summed E-state index contributed by atoms with van der Waals surface area (Å²) in [7, 11) is 3.37. The summed E-state index contributed by atoms with van der Waals surface area (Å²) in [6.07, 6.45) is 0.941. The van der Waals surface area contributed by atoms with Crippen molar-refractivity contribution in [3.8, 4) is 0 Å². The second-order valence-electron chi connectivity index (χ2n) is 7.94. The third-order valence-electron chi connectivity index (χ3n) is 5.26. The van der Waals surface area contributed by atoms with E-state index in [2.05, 4.69) is 5.16 Å². The monoisotopic (exact) mass is 446 g/mol. The van der Waals surface area contributed by atoms with Crippen LogP contribution in [-0.4, -0.2) is 36.4 Å². The zero-order valence-corrected chi connectivity index (χ0v) is 19.0. The molecular formula is C23H24Cl2N2O3. The van der Waals surface area contributed by atoms with E-state index >= 15 is 0 Å². The molecule has 1 atom stereocenters. The second kappa shape index (κ2) is 8.78. The summed E-state index contributed by atoms with van der Waals surface area (Å²) in [5, 5.41) is 5.37. The fourth-order valence-electron chi connectivity index (χ4n) is 3.44. The van der Waals surface area contributed by atoms with Crippen LogP contribution in [0.15, 0.2) is 41.6 Å². The number of benzene rings is 2. The molecule has 0 aromatic heterocycles. The van der Waals surface area contributed by atoms with Crippen molar-refractivity contribution in [1.29, 1.82) is 0 Å². The van der Waals surface area contributed by atoms with E-state index in [0.717, 1.165) is 22.4 Å². The van der Waals surface area contributed by atoms with Gasteiger partial charge < -0.3 is 9.74 Å². The number of ketones is 1. The van der Waals surface area contributed by atoms with Gasteiger partial charge in [0, 0.05) is 54.5 Å². The van der Waals surface area contributed by atoms with Crippen molar-refractivity contribution in [2.45, 2.75) is 38.7 Å². The van der Waals surface area contributed by atoms with Crippen LogP contribution < -0.4 is 0 Å². The van der Waals surface area contributed by atoms with Crippen LogP contribution >= 0.6 is 23.2 Å². The molecule has 1 heterocycles. The number of rotatable bonds is 6. The van der Waals surface area contributed by atoms with Crippen LogP contribution in [0.3, 0.4) is 0 Å². The highest BCUT2D eigenvalue weighted by atomic mass is 35.5. The Hall–Kier alpha value is -2.37. The highest BCUT2D eigenvalue weighted by Gasteiger charge is 2.37. The summed E-state index contributed by atoms with van der Waals surface area (Å²) >= 11 is 12.3. The van der Waals surface area contributed by atoms with E-state index in [0.29, 0.717) is 22.0 Å². The number of aryl methyl sites for hydroxylation is 1. The molecule has 0 fully saturated rings. The maximum absolute atomic E-state index is 12.5. The van der Waals surface area contributed by atoms with Gasteiger partial charge in [-0.3, -0.25) is 9.59 Å². The standard InChI is InChI=1S/C23H24Cl2N2O3/c1-14-9-15(5-6-19(14)21(28)7-8-22(29)27(3)4)20-13-23(2,30-26-20)16-10-17(24)12-18(25)11-16/h5-6,9-12H,7-8,13H2,1-4H3. The third-order valence-corrected chi connectivity index (χ3v) is 5.70. The average Bonchev–Trinajstić information content (AvgIpc) is 3.08. The minimum absolute atomic E-state index is 0.0442. The molecule has 0 bridgehead atoms. The smallest absolute Gasteiger partial charge is 0.222 e. The molecule has 158 valence electrons. The molecule has 1 aliphatic rings. The van der Waals surface area contributed by atoms with Gasteiger partial charge in [-0.25, -0.2) is 0 Å². The molecule has 0 saturated carbocycles. The zero-order chi connectivity index (χ0) is 22.1. The molecule has 0 radical (unpaired) electrons. The third kappa shape index (κ3) is 4.85. The maximum atomic E-state index is 12.5. The molecule has 0 spiro atoms. The van der Waals surface area contributed by atoms with Gasteiger partial charge in [0.05, 0.1) is 5.71 Å². The van der Waals surface area contributed by atoms with Gasteiger partial charge in [-0.05, 0) is 49.2 Å². The lowest BCUT2D eigenvalue weighted by Crippen LogP contribution is -2.22. The van der Waals surface area contributed by atoms with Crippen LogP contribution in [0.4, 0.5) is 0 Å². The fourth-order valence-corrected chi connectivity index (χ4v) is 3.97. The largest absolute Gasteiger partial charge is 0.384 e. The SMILES string of the molecule is Cc1cc(C2=NOC(C)(c3cc(Cl)cc(Cl)c3)C2)ccc1C(=O)CCC(=O)N(C)C. The van der Waals surface area contributed by atoms with Crippen LogP contribution in [-0.2, 0) is 15.2 Å². The summed E-state index contributed by atoms with van der Waals surface area (Å²) in [6.45, 7) is 3.83. The lowest BCUT2D eigenvalue weighted by molar-refractivity contribution is -0.128. The summed E-state index contributed by atoms with van der Waals surface area (Å²) in [6, 6.07) is 10.9. The van der Waals surface area contributed by atoms with Crippen molar-refractivity contribution in [3.63, 3.8) is 0 Å². The van der Waals surface area contributed by atoms with Crippen LogP contribution in [0.1, 0.15) is 53.2 Å². The minimum atomic E-state index is -0.668. The van der Waals surface area contributed by atoms with Crippen LogP contribution in [0, 0.1) is 6.92 Å². The second-order valence-corrected chi connectivity index (χ2v) is 8.81. The minimum Gasteiger partial charge on any atom is -0.384 e. The molecule has 0 N–H and O–H groups in total. The predicted molar refractivity (Wildman–Crippen MR) is 119 cm³/mol. The molecule has 3 rings (SSSR count). The van der Waals surface area contributed by atoms with Gasteiger partial charge in [0.2, 0.25) is 5.91 Å². The Morgan fingerprint density at radius 3 is 2.37 bits per heavy atom. The number of oxime groups is 1. The Balaban J connectivity index is 1.74. The first-order chi connectivity index (χ1) is 14.1. The zero-order valence-electron chi connectivity index (χ0n) is 17.5. The molecule has 1 unspecified atom stereocenters. The number of hydrogen-bond donors (Lipinski definition) is 0. The fraction of sp³-hybridized carbons (Fsp3) is 0.348. The summed E-state index contributed by atoms with van der Waals surface area (Å²) < 4.78 is 0. The number of Topliss-reactive ketones (excluding diaryl/α,β-unsaturated/α-hetero) is 1. The molecule has 2 aromatic carbocycles. The number of carbonyl (C=O) groups is 2. The van der Waals surface area contributed by atoms with Crippen LogP contribution in [0.25, 0.3) is 0 Å². The van der Waals surface area contributed by atoms with Crippen molar-refractivity contribution in [1.82, 2.24) is 4.90 Å². The molecule has 0 saturated heterocycles. The Bertz CT molecular complexity index is 1010. The summed E-state index contributed by atoms with van der Waals surface area (Å²) in [5.74, 6) is -0.104. The van der Waals surface area contributed by atoms with Crippen LogP contribution in [0.2, 0.25) is 10.0 Å². The lowest BCUT2D eigenvalue weighted by atomic mass is 9.88. The van der Waals surface area contributed by atoms with Crippen LogP contribution in [0.5, 0.6) is 0 Å². The number of halogens is 2. The van der Waals surface area contributed by atoms with Gasteiger partial charge in [0.15, 0.2) is 11.4 Å². The number of hydrogen-bond acceptors (Lipinski definition) is 4. The van der Waals surface area contributed by atoms with E-state index in [1.807, 2.05) is 38.1 Å². The molecule has 30 heavy (non-hydrogen) atoms. The summed E-state index contributed by atoms with van der Waals surface area (Å²) in [5.41, 5.74) is 3.33. The number of amides is 1. The molecule has 1 aliphatic heterocycles. The summed E-state index contributed by atoms with van der Waals surface area (Å²) in [4.78, 5) is 31.5. The van der Waals surface area contributed by atoms with Crippen molar-refractivity contribution >= 4 is 40.6 Å². The van der Waals surface area contributed by atoms with Gasteiger partial charge in [0.25, 0.3) is 0 Å². The maximum Gasteiger partial charge on any atom is 0.222 e. The van der Waals surface area contributed by atoms with Gasteiger partial charge in [0.1, 0.15) is 0 Å². The quantitative estimate of drug-likeness (QED) is 0.558. The topological polar surface area (TPSA) is 59.0 Å². The molecule has 2 aromatic rings. The Kier molecular flexibility index (Phi) is 6.53. The molecule has 0 aliphatic carbocycles. The van der Waals surface area contributed by atoms with Gasteiger partial charge >= 0.3 is 0 Å². The molecule has 5 nitrogen and oxygen atoms in total. The first-order valence-corrected chi connectivity index (χ1v) is 10.4. The Morgan fingerprint density at radius 2 is 1.77 bits per heavy atom.